The summed E-state index contributed by atoms with van der Waals surface area (Å²) in [6.45, 7) is 9.82. The summed E-state index contributed by atoms with van der Waals surface area (Å²) in [5.74, 6) is -2.96. The van der Waals surface area contributed by atoms with Gasteiger partial charge in [0, 0.05) is 26.2 Å². The fourth-order valence-corrected chi connectivity index (χ4v) is 10.1. The quantitative estimate of drug-likeness (QED) is 0.0255. The summed E-state index contributed by atoms with van der Waals surface area (Å²) in [4.78, 5) is 55.2. The van der Waals surface area contributed by atoms with Gasteiger partial charge < -0.3 is 39.4 Å². The highest BCUT2D eigenvalue weighted by Crippen LogP contribution is 2.16. The standard InChI is InChI=1S/C65H126N2O12/c1-5-9-13-17-21-25-29-33-37-44-50-76-62(72)58(68)54-66(55-59(69)63(73)77-51-45-38-34-30-26-22-18-14-10-6-2)48-42-41-43-49-67(56-60(70)64(74)78-52-46-39-35-31-27-23-19-15-11-7-3)57-61(71)65(75)79-53-47-40-36-32-28-24-20-16-12-8-4/h58-61,68-71H,5-57H2,1-4H3. The molecule has 468 valence electrons. The third-order valence-electron chi connectivity index (χ3n) is 15.2. The molecule has 0 fully saturated rings. The molecule has 0 bridgehead atoms. The maximum atomic E-state index is 13.0. The number of aliphatic hydroxyl groups excluding tert-OH is 4. The number of esters is 4. The number of unbranched alkanes of at least 4 members (excludes halogenated alkanes) is 38. The molecule has 0 heterocycles. The van der Waals surface area contributed by atoms with Crippen molar-refractivity contribution in [3.63, 3.8) is 0 Å². The van der Waals surface area contributed by atoms with Gasteiger partial charge in [0.25, 0.3) is 0 Å². The van der Waals surface area contributed by atoms with Crippen LogP contribution in [0.15, 0.2) is 0 Å². The lowest BCUT2D eigenvalue weighted by molar-refractivity contribution is -0.158. The topological polar surface area (TPSA) is 193 Å². The van der Waals surface area contributed by atoms with E-state index >= 15 is 0 Å². The van der Waals surface area contributed by atoms with E-state index in [-0.39, 0.29) is 52.6 Å². The van der Waals surface area contributed by atoms with Gasteiger partial charge in [0.05, 0.1) is 26.4 Å². The van der Waals surface area contributed by atoms with Crippen molar-refractivity contribution in [3.05, 3.63) is 0 Å². The van der Waals surface area contributed by atoms with Crippen molar-refractivity contribution in [2.24, 2.45) is 0 Å². The Morgan fingerprint density at radius 3 is 0.582 bits per heavy atom. The summed E-state index contributed by atoms with van der Waals surface area (Å²) in [7, 11) is 0. The molecule has 0 aliphatic carbocycles. The van der Waals surface area contributed by atoms with E-state index in [1.807, 2.05) is 0 Å². The van der Waals surface area contributed by atoms with Crippen LogP contribution in [0.25, 0.3) is 0 Å². The molecule has 0 aromatic rings. The highest BCUT2D eigenvalue weighted by atomic mass is 16.6. The zero-order chi connectivity index (χ0) is 58.1. The van der Waals surface area contributed by atoms with Gasteiger partial charge in [-0.3, -0.25) is 9.80 Å². The van der Waals surface area contributed by atoms with Gasteiger partial charge in [-0.05, 0) is 51.6 Å². The van der Waals surface area contributed by atoms with Crippen molar-refractivity contribution in [3.8, 4) is 0 Å². The van der Waals surface area contributed by atoms with E-state index < -0.39 is 48.3 Å². The molecule has 0 aromatic heterocycles. The largest absolute Gasteiger partial charge is 0.464 e. The molecule has 0 aromatic carbocycles. The van der Waals surface area contributed by atoms with Crippen molar-refractivity contribution >= 4 is 23.9 Å². The molecule has 0 aliphatic rings. The van der Waals surface area contributed by atoms with Crippen molar-refractivity contribution in [2.75, 3.05) is 65.7 Å². The highest BCUT2D eigenvalue weighted by Gasteiger charge is 2.27. The lowest BCUT2D eigenvalue weighted by Gasteiger charge is -2.27. The Labute approximate surface area is 484 Å². The molecule has 0 spiro atoms. The summed E-state index contributed by atoms with van der Waals surface area (Å²) in [5, 5.41) is 44.0. The van der Waals surface area contributed by atoms with E-state index in [9.17, 15) is 39.6 Å². The van der Waals surface area contributed by atoms with Gasteiger partial charge >= 0.3 is 23.9 Å². The van der Waals surface area contributed by atoms with Crippen LogP contribution in [0.1, 0.15) is 304 Å². The minimum atomic E-state index is -1.48. The molecule has 4 unspecified atom stereocenters. The molecule has 4 atom stereocenters. The van der Waals surface area contributed by atoms with Gasteiger partial charge in [-0.15, -0.1) is 0 Å². The Hall–Kier alpha value is -2.36. The van der Waals surface area contributed by atoms with Crippen LogP contribution >= 0.6 is 0 Å². The van der Waals surface area contributed by atoms with Crippen LogP contribution in [0.4, 0.5) is 0 Å². The minimum Gasteiger partial charge on any atom is -0.464 e. The van der Waals surface area contributed by atoms with E-state index in [2.05, 4.69) is 27.7 Å². The van der Waals surface area contributed by atoms with Gasteiger partial charge in [-0.2, -0.15) is 0 Å². The summed E-state index contributed by atoms with van der Waals surface area (Å²) in [6, 6.07) is 0. The van der Waals surface area contributed by atoms with Crippen LogP contribution < -0.4 is 0 Å². The van der Waals surface area contributed by atoms with Crippen LogP contribution in [0, 0.1) is 0 Å². The molecular formula is C65H126N2O12. The van der Waals surface area contributed by atoms with E-state index in [4.69, 9.17) is 18.9 Å². The number of hydrogen-bond donors (Lipinski definition) is 4. The van der Waals surface area contributed by atoms with Gasteiger partial charge in [-0.1, -0.05) is 265 Å². The van der Waals surface area contributed by atoms with Gasteiger partial charge in [0.1, 0.15) is 0 Å². The van der Waals surface area contributed by atoms with Crippen LogP contribution in [0.5, 0.6) is 0 Å². The lowest BCUT2D eigenvalue weighted by Crippen LogP contribution is -2.44. The molecule has 0 rings (SSSR count). The molecule has 0 radical (unpaired) electrons. The summed E-state index contributed by atoms with van der Waals surface area (Å²) >= 11 is 0. The molecule has 0 amide bonds. The first-order valence-corrected chi connectivity index (χ1v) is 33.3. The zero-order valence-corrected chi connectivity index (χ0v) is 51.7. The number of rotatable bonds is 62. The number of hydrogen-bond acceptors (Lipinski definition) is 14. The first-order valence-electron chi connectivity index (χ1n) is 33.3. The zero-order valence-electron chi connectivity index (χ0n) is 51.7. The molecule has 79 heavy (non-hydrogen) atoms. The average molecular weight is 1130 g/mol. The molecule has 14 heteroatoms. The fraction of sp³-hybridized carbons (Fsp3) is 0.938. The Morgan fingerprint density at radius 1 is 0.253 bits per heavy atom. The molecule has 0 aliphatic heterocycles. The van der Waals surface area contributed by atoms with Crippen LogP contribution in [-0.4, -0.2) is 144 Å². The van der Waals surface area contributed by atoms with E-state index in [1.54, 1.807) is 9.80 Å². The number of nitrogens with zero attached hydrogens (tertiary/aromatic N) is 2. The smallest absolute Gasteiger partial charge is 0.336 e. The molecular weight excluding hydrogens is 1000 g/mol. The molecule has 0 saturated carbocycles. The third kappa shape index (κ3) is 51.0. The van der Waals surface area contributed by atoms with Gasteiger partial charge in [0.2, 0.25) is 0 Å². The summed E-state index contributed by atoms with van der Waals surface area (Å²) < 4.78 is 21.8. The summed E-state index contributed by atoms with van der Waals surface area (Å²) in [5.41, 5.74) is 0. The maximum absolute atomic E-state index is 13.0. The number of carbonyl (C=O) groups is 4. The SMILES string of the molecule is CCCCCCCCCCCCOC(=O)C(O)CN(CCCCCN(CC(O)C(=O)OCCCCCCCCCCCC)CC(O)C(=O)OCCCCCCCCCCCC)CC(O)C(=O)OCCCCCCCCCCCC. The van der Waals surface area contributed by atoms with Crippen molar-refractivity contribution < 1.29 is 58.6 Å². The maximum Gasteiger partial charge on any atom is 0.336 e. The predicted octanol–water partition coefficient (Wildman–Crippen LogP) is 14.1. The Kier molecular flexibility index (Phi) is 57.1. The van der Waals surface area contributed by atoms with Crippen molar-refractivity contribution in [1.29, 1.82) is 0 Å². The Balaban J connectivity index is 5.45. The highest BCUT2D eigenvalue weighted by molar-refractivity contribution is 5.76. The first-order chi connectivity index (χ1) is 38.5. The van der Waals surface area contributed by atoms with Crippen LogP contribution in [0.3, 0.4) is 0 Å². The van der Waals surface area contributed by atoms with E-state index in [1.165, 1.54) is 154 Å². The second-order valence-electron chi connectivity index (χ2n) is 23.0. The Bertz CT molecular complexity index is 1170. The van der Waals surface area contributed by atoms with E-state index in [0.717, 1.165) is 77.0 Å². The normalized spacial score (nSPS) is 13.2. The molecule has 4 N–H and O–H groups in total. The summed E-state index contributed by atoms with van der Waals surface area (Å²) in [6.07, 6.45) is 41.7. The number of ether oxygens (including phenoxy) is 4. The first kappa shape index (κ1) is 76.6. The van der Waals surface area contributed by atoms with Gasteiger partial charge in [-0.25, -0.2) is 19.2 Å². The molecule has 0 saturated heterocycles. The third-order valence-corrected chi connectivity index (χ3v) is 15.2. The monoisotopic (exact) mass is 1130 g/mol. The average Bonchev–Trinajstić information content (AvgIpc) is 3.43. The predicted molar refractivity (Wildman–Crippen MR) is 322 cm³/mol. The fourth-order valence-electron chi connectivity index (χ4n) is 10.1. The van der Waals surface area contributed by atoms with Crippen LogP contribution in [0.2, 0.25) is 0 Å². The lowest BCUT2D eigenvalue weighted by atomic mass is 10.1. The minimum absolute atomic E-state index is 0.146. The second-order valence-corrected chi connectivity index (χ2v) is 23.0. The van der Waals surface area contributed by atoms with Gasteiger partial charge in [0.15, 0.2) is 24.4 Å². The van der Waals surface area contributed by atoms with E-state index in [0.29, 0.717) is 58.0 Å². The van der Waals surface area contributed by atoms with Crippen LogP contribution in [-0.2, 0) is 38.1 Å². The Morgan fingerprint density at radius 2 is 0.405 bits per heavy atom. The number of aliphatic hydroxyl groups is 4. The molecule has 14 nitrogen and oxygen atoms in total. The van der Waals surface area contributed by atoms with Crippen molar-refractivity contribution in [1.82, 2.24) is 9.80 Å². The van der Waals surface area contributed by atoms with Crippen molar-refractivity contribution in [2.45, 2.75) is 328 Å². The number of carbonyl (C=O) groups excluding carboxylic acids is 4. The second kappa shape index (κ2) is 58.8.